The van der Waals surface area contributed by atoms with Gasteiger partial charge in [0, 0.05) is 0 Å². The lowest BCUT2D eigenvalue weighted by atomic mass is 9.96. The number of nitrogens with one attached hydrogen (secondary N) is 1. The van der Waals surface area contributed by atoms with Crippen molar-refractivity contribution in [3.05, 3.63) is 11.1 Å². The van der Waals surface area contributed by atoms with Crippen molar-refractivity contribution < 1.29 is 4.79 Å². The number of carbonyl (C=O) groups excluding carboxylic acids is 1. The zero-order valence-electron chi connectivity index (χ0n) is 9.26. The highest BCUT2D eigenvalue weighted by molar-refractivity contribution is 5.78. The quantitative estimate of drug-likeness (QED) is 0.664. The molecule has 0 spiro atoms. The van der Waals surface area contributed by atoms with E-state index in [0.717, 1.165) is 0 Å². The van der Waals surface area contributed by atoms with E-state index in [2.05, 4.69) is 26.1 Å². The molecular formula is C11H20N2O. The van der Waals surface area contributed by atoms with E-state index in [-0.39, 0.29) is 18.5 Å². The molecule has 0 aliphatic heterocycles. The predicted octanol–water partition coefficient (Wildman–Crippen LogP) is 1.20. The first-order valence-electron chi connectivity index (χ1n) is 5.24. The molecule has 1 fully saturated rings. The van der Waals surface area contributed by atoms with Gasteiger partial charge in [-0.05, 0) is 25.7 Å². The first-order valence-corrected chi connectivity index (χ1v) is 5.24. The van der Waals surface area contributed by atoms with Crippen LogP contribution >= 0.6 is 0 Å². The van der Waals surface area contributed by atoms with Gasteiger partial charge in [0.15, 0.2) is 0 Å². The first-order chi connectivity index (χ1) is 6.56. The Hall–Kier alpha value is -0.830. The van der Waals surface area contributed by atoms with E-state index in [1.54, 1.807) is 0 Å². The standard InChI is InChI=1S/C11H20N2O/c1-7(2)11(13-10(14)6-12)8(3)9-4-5-9/h7,11H,4-6,12H2,1-3H3,(H,13,14). The van der Waals surface area contributed by atoms with E-state index < -0.39 is 0 Å². The van der Waals surface area contributed by atoms with Crippen LogP contribution in [-0.2, 0) is 4.79 Å². The third-order valence-corrected chi connectivity index (χ3v) is 2.69. The lowest BCUT2D eigenvalue weighted by Crippen LogP contribution is -2.42. The molecule has 3 N–H and O–H groups in total. The number of nitrogens with two attached hydrogens (primary N) is 1. The summed E-state index contributed by atoms with van der Waals surface area (Å²) in [5.41, 5.74) is 8.12. The smallest absolute Gasteiger partial charge is 0.234 e. The second-order valence-electron chi connectivity index (χ2n) is 4.28. The molecule has 1 atom stereocenters. The van der Waals surface area contributed by atoms with Gasteiger partial charge in [-0.3, -0.25) is 4.79 Å². The maximum atomic E-state index is 11.2. The van der Waals surface area contributed by atoms with E-state index in [9.17, 15) is 4.79 Å². The summed E-state index contributed by atoms with van der Waals surface area (Å²) in [6, 6.07) is 0.170. The molecule has 0 aromatic rings. The minimum Gasteiger partial charge on any atom is -0.348 e. The Morgan fingerprint density at radius 1 is 1.50 bits per heavy atom. The van der Waals surface area contributed by atoms with Gasteiger partial charge in [-0.25, -0.2) is 0 Å². The van der Waals surface area contributed by atoms with E-state index in [1.807, 2.05) is 0 Å². The second-order valence-corrected chi connectivity index (χ2v) is 4.28. The van der Waals surface area contributed by atoms with Gasteiger partial charge in [-0.2, -0.15) is 0 Å². The summed E-state index contributed by atoms with van der Waals surface area (Å²) in [5, 5.41) is 2.97. The van der Waals surface area contributed by atoms with E-state index in [0.29, 0.717) is 5.92 Å². The zero-order chi connectivity index (χ0) is 10.7. The number of allylic oxidation sites excluding steroid dienone is 1. The van der Waals surface area contributed by atoms with Gasteiger partial charge in [0.25, 0.3) is 0 Å². The molecule has 0 aromatic carbocycles. The van der Waals surface area contributed by atoms with Crippen molar-refractivity contribution in [3.8, 4) is 0 Å². The molecule has 1 rings (SSSR count). The summed E-state index contributed by atoms with van der Waals surface area (Å²) in [4.78, 5) is 11.2. The number of rotatable bonds is 4. The molecule has 1 aliphatic carbocycles. The van der Waals surface area contributed by atoms with Crippen LogP contribution in [0.1, 0.15) is 33.6 Å². The van der Waals surface area contributed by atoms with Gasteiger partial charge in [0.05, 0.1) is 12.6 Å². The van der Waals surface area contributed by atoms with Gasteiger partial charge in [0.2, 0.25) is 5.91 Å². The number of hydrogen-bond donors (Lipinski definition) is 2. The van der Waals surface area contributed by atoms with Crippen LogP contribution in [0.5, 0.6) is 0 Å². The van der Waals surface area contributed by atoms with Gasteiger partial charge in [-0.1, -0.05) is 25.0 Å². The average Bonchev–Trinajstić information content (AvgIpc) is 2.95. The highest BCUT2D eigenvalue weighted by Gasteiger charge is 2.24. The average molecular weight is 196 g/mol. The van der Waals surface area contributed by atoms with Crippen molar-refractivity contribution in [2.75, 3.05) is 6.54 Å². The van der Waals surface area contributed by atoms with Crippen LogP contribution in [0.15, 0.2) is 11.1 Å². The summed E-state index contributed by atoms with van der Waals surface area (Å²) < 4.78 is 0. The normalized spacial score (nSPS) is 16.8. The molecule has 80 valence electrons. The van der Waals surface area contributed by atoms with Crippen LogP contribution in [0.4, 0.5) is 0 Å². The summed E-state index contributed by atoms with van der Waals surface area (Å²) in [6.45, 7) is 6.43. The van der Waals surface area contributed by atoms with Crippen LogP contribution in [0.2, 0.25) is 0 Å². The first kappa shape index (κ1) is 11.2. The van der Waals surface area contributed by atoms with Crippen LogP contribution in [0.25, 0.3) is 0 Å². The lowest BCUT2D eigenvalue weighted by Gasteiger charge is -2.23. The molecule has 14 heavy (non-hydrogen) atoms. The third-order valence-electron chi connectivity index (χ3n) is 2.69. The van der Waals surface area contributed by atoms with E-state index in [4.69, 9.17) is 5.73 Å². The fourth-order valence-electron chi connectivity index (χ4n) is 1.68. The molecule has 3 heteroatoms. The van der Waals surface area contributed by atoms with Crippen molar-refractivity contribution >= 4 is 5.91 Å². The lowest BCUT2D eigenvalue weighted by molar-refractivity contribution is -0.120. The largest absolute Gasteiger partial charge is 0.348 e. The molecule has 1 aliphatic rings. The van der Waals surface area contributed by atoms with Crippen LogP contribution in [0.3, 0.4) is 0 Å². The molecule has 1 unspecified atom stereocenters. The minimum atomic E-state index is -0.0655. The van der Waals surface area contributed by atoms with Crippen molar-refractivity contribution in [2.24, 2.45) is 11.7 Å². The molecule has 1 amide bonds. The maximum Gasteiger partial charge on any atom is 0.234 e. The van der Waals surface area contributed by atoms with Gasteiger partial charge in [0.1, 0.15) is 0 Å². The highest BCUT2D eigenvalue weighted by Crippen LogP contribution is 2.34. The molecule has 0 saturated heterocycles. The van der Waals surface area contributed by atoms with Crippen molar-refractivity contribution in [3.63, 3.8) is 0 Å². The number of amides is 1. The Labute approximate surface area is 85.7 Å². The monoisotopic (exact) mass is 196 g/mol. The Bertz CT molecular complexity index is 250. The van der Waals surface area contributed by atoms with Crippen LogP contribution in [0, 0.1) is 5.92 Å². The van der Waals surface area contributed by atoms with E-state index >= 15 is 0 Å². The second kappa shape index (κ2) is 4.60. The summed E-state index contributed by atoms with van der Waals surface area (Å²) in [7, 11) is 0. The van der Waals surface area contributed by atoms with Crippen molar-refractivity contribution in [2.45, 2.75) is 39.7 Å². The minimum absolute atomic E-state index is 0.0655. The molecule has 0 aromatic heterocycles. The Morgan fingerprint density at radius 3 is 2.43 bits per heavy atom. The fourth-order valence-corrected chi connectivity index (χ4v) is 1.68. The fraction of sp³-hybridized carbons (Fsp3) is 0.727. The van der Waals surface area contributed by atoms with Crippen molar-refractivity contribution in [1.29, 1.82) is 0 Å². The predicted molar refractivity (Wildman–Crippen MR) is 57.8 cm³/mol. The van der Waals surface area contributed by atoms with Gasteiger partial charge in [-0.15, -0.1) is 0 Å². The van der Waals surface area contributed by atoms with Crippen molar-refractivity contribution in [1.82, 2.24) is 5.32 Å². The highest BCUT2D eigenvalue weighted by atomic mass is 16.1. The van der Waals surface area contributed by atoms with Crippen LogP contribution < -0.4 is 11.1 Å². The summed E-state index contributed by atoms with van der Waals surface area (Å²) >= 11 is 0. The van der Waals surface area contributed by atoms with E-state index in [1.165, 1.54) is 24.0 Å². The molecule has 0 heterocycles. The summed E-state index contributed by atoms with van der Waals surface area (Å²) in [5.74, 6) is 0.364. The number of hydrogen-bond acceptors (Lipinski definition) is 2. The Morgan fingerprint density at radius 2 is 2.07 bits per heavy atom. The van der Waals surface area contributed by atoms with Gasteiger partial charge >= 0.3 is 0 Å². The number of carbonyl (C=O) groups is 1. The van der Waals surface area contributed by atoms with Gasteiger partial charge < -0.3 is 11.1 Å². The molecule has 0 bridgehead atoms. The Kier molecular flexibility index (Phi) is 3.69. The molecular weight excluding hydrogens is 176 g/mol. The third kappa shape index (κ3) is 2.84. The SMILES string of the molecule is CC(=C1CC1)C(NC(=O)CN)C(C)C. The molecule has 1 saturated carbocycles. The zero-order valence-corrected chi connectivity index (χ0v) is 9.26. The summed E-state index contributed by atoms with van der Waals surface area (Å²) in [6.07, 6.45) is 2.40. The Balaban J connectivity index is 2.65. The van der Waals surface area contributed by atoms with Crippen LogP contribution in [-0.4, -0.2) is 18.5 Å². The topological polar surface area (TPSA) is 55.1 Å². The molecule has 0 radical (unpaired) electrons. The molecule has 3 nitrogen and oxygen atoms in total. The maximum absolute atomic E-state index is 11.2.